The first-order valence-corrected chi connectivity index (χ1v) is 9.46. The number of aryl methyl sites for hydroxylation is 2. The fraction of sp³-hybridized carbons (Fsp3) is 0.381. The van der Waals surface area contributed by atoms with Crippen LogP contribution in [0.5, 0.6) is 0 Å². The van der Waals surface area contributed by atoms with Crippen LogP contribution in [0.25, 0.3) is 0 Å². The normalized spacial score (nSPS) is 11.2. The van der Waals surface area contributed by atoms with Crippen molar-refractivity contribution in [1.82, 2.24) is 14.9 Å². The summed E-state index contributed by atoms with van der Waals surface area (Å²) in [7, 11) is 1.48. The zero-order valence-electron chi connectivity index (χ0n) is 17.3. The van der Waals surface area contributed by atoms with Gasteiger partial charge < -0.3 is 25.1 Å². The van der Waals surface area contributed by atoms with Gasteiger partial charge in [-0.05, 0) is 38.8 Å². The predicted molar refractivity (Wildman–Crippen MR) is 112 cm³/mol. The quantitative estimate of drug-likeness (QED) is 0.277. The van der Waals surface area contributed by atoms with Crippen molar-refractivity contribution in [2.24, 2.45) is 10.7 Å². The Labute approximate surface area is 171 Å². The molecule has 0 saturated carbocycles. The summed E-state index contributed by atoms with van der Waals surface area (Å²) in [6, 6.07) is 8.00. The summed E-state index contributed by atoms with van der Waals surface area (Å²) in [5, 5.41) is 2.75. The van der Waals surface area contributed by atoms with Gasteiger partial charge in [0, 0.05) is 18.8 Å². The minimum atomic E-state index is -0.408. The lowest BCUT2D eigenvalue weighted by atomic mass is 10.1. The van der Waals surface area contributed by atoms with Gasteiger partial charge >= 0.3 is 6.09 Å². The second kappa shape index (κ2) is 10.9. The van der Waals surface area contributed by atoms with Gasteiger partial charge in [0.25, 0.3) is 0 Å². The first-order chi connectivity index (χ1) is 13.9. The van der Waals surface area contributed by atoms with Crippen LogP contribution in [0.4, 0.5) is 4.79 Å². The molecule has 8 nitrogen and oxygen atoms in total. The average Bonchev–Trinajstić information content (AvgIpc) is 3.07. The van der Waals surface area contributed by atoms with Crippen LogP contribution in [0.1, 0.15) is 35.4 Å². The maximum absolute atomic E-state index is 11.8. The third-order valence-electron chi connectivity index (χ3n) is 4.41. The molecule has 3 N–H and O–H groups in total. The third kappa shape index (κ3) is 6.99. The molecule has 0 aliphatic carbocycles. The van der Waals surface area contributed by atoms with E-state index >= 15 is 0 Å². The van der Waals surface area contributed by atoms with Gasteiger partial charge in [-0.15, -0.1) is 0 Å². The topological polar surface area (TPSA) is 104 Å². The number of hydrogen-bond acceptors (Lipinski definition) is 5. The summed E-state index contributed by atoms with van der Waals surface area (Å²) in [4.78, 5) is 20.1. The number of rotatable bonds is 10. The molecule has 0 atom stereocenters. The number of aromatic nitrogens is 2. The average molecular weight is 399 g/mol. The van der Waals surface area contributed by atoms with Crippen molar-refractivity contribution >= 4 is 11.9 Å². The van der Waals surface area contributed by atoms with Crippen LogP contribution in [0.3, 0.4) is 0 Å². The number of nitrogens with two attached hydrogens (primary N) is 1. The van der Waals surface area contributed by atoms with Crippen molar-refractivity contribution < 1.29 is 14.3 Å². The SMILES string of the molecule is C=C(/N=C(/N)c1ncn(CCCCOC(=O)NCc2ccc(C)cc2)c1C)OC. The molecule has 1 heterocycles. The van der Waals surface area contributed by atoms with E-state index in [0.717, 1.165) is 30.6 Å². The number of ether oxygens (including phenoxy) is 2. The van der Waals surface area contributed by atoms with Crippen LogP contribution in [-0.4, -0.2) is 35.2 Å². The molecule has 156 valence electrons. The molecule has 0 saturated heterocycles. The summed E-state index contributed by atoms with van der Waals surface area (Å²) in [6.07, 6.45) is 2.89. The molecule has 0 aliphatic heterocycles. The van der Waals surface area contributed by atoms with Crippen molar-refractivity contribution in [2.75, 3.05) is 13.7 Å². The Kier molecular flexibility index (Phi) is 8.27. The molecule has 2 rings (SSSR count). The van der Waals surface area contributed by atoms with E-state index in [4.69, 9.17) is 15.2 Å². The molecular formula is C21H29N5O3. The number of imidazole rings is 1. The molecule has 1 amide bonds. The number of methoxy groups -OCH3 is 1. The number of benzene rings is 1. The highest BCUT2D eigenvalue weighted by Crippen LogP contribution is 2.09. The van der Waals surface area contributed by atoms with Crippen LogP contribution in [0, 0.1) is 13.8 Å². The monoisotopic (exact) mass is 399 g/mol. The Balaban J connectivity index is 1.68. The zero-order valence-corrected chi connectivity index (χ0v) is 17.3. The number of nitrogens with one attached hydrogen (secondary N) is 1. The number of aliphatic imine (C=N–C) groups is 1. The first-order valence-electron chi connectivity index (χ1n) is 9.46. The fourth-order valence-corrected chi connectivity index (χ4v) is 2.63. The van der Waals surface area contributed by atoms with Gasteiger partial charge in [0.15, 0.2) is 5.84 Å². The van der Waals surface area contributed by atoms with Gasteiger partial charge in [-0.2, -0.15) is 4.99 Å². The molecule has 0 radical (unpaired) electrons. The van der Waals surface area contributed by atoms with E-state index in [1.807, 2.05) is 42.7 Å². The molecule has 1 aromatic heterocycles. The minimum Gasteiger partial charge on any atom is -0.481 e. The molecule has 0 bridgehead atoms. The van der Waals surface area contributed by atoms with E-state index in [1.54, 1.807) is 6.33 Å². The van der Waals surface area contributed by atoms with Crippen molar-refractivity contribution in [3.05, 3.63) is 65.6 Å². The minimum absolute atomic E-state index is 0.231. The van der Waals surface area contributed by atoms with E-state index < -0.39 is 6.09 Å². The lowest BCUT2D eigenvalue weighted by Crippen LogP contribution is -2.24. The van der Waals surface area contributed by atoms with Crippen LogP contribution >= 0.6 is 0 Å². The third-order valence-corrected chi connectivity index (χ3v) is 4.41. The largest absolute Gasteiger partial charge is 0.481 e. The number of hydrogen-bond donors (Lipinski definition) is 2. The molecule has 0 aliphatic rings. The molecule has 0 unspecified atom stereocenters. The van der Waals surface area contributed by atoms with Crippen molar-refractivity contribution in [3.8, 4) is 0 Å². The lowest BCUT2D eigenvalue weighted by molar-refractivity contribution is 0.143. The Morgan fingerprint density at radius 2 is 2.00 bits per heavy atom. The van der Waals surface area contributed by atoms with E-state index in [1.165, 1.54) is 12.7 Å². The Morgan fingerprint density at radius 1 is 1.28 bits per heavy atom. The molecule has 2 aromatic rings. The number of carbonyl (C=O) groups is 1. The van der Waals surface area contributed by atoms with Gasteiger partial charge in [0.05, 0.1) is 20.0 Å². The lowest BCUT2D eigenvalue weighted by Gasteiger charge is -2.08. The molecule has 29 heavy (non-hydrogen) atoms. The highest BCUT2D eigenvalue weighted by Gasteiger charge is 2.11. The second-order valence-electron chi connectivity index (χ2n) is 6.65. The number of unbranched alkanes of at least 4 members (excludes halogenated alkanes) is 1. The standard InChI is InChI=1S/C21H29N5O3/c1-15-7-9-18(10-8-15)13-23-21(27)29-12-6-5-11-26-14-24-19(16(26)2)20(22)25-17(3)28-4/h7-10,14H,3,5-6,11-13H2,1-2,4H3,(H2,22,25)(H,23,27). The second-order valence-corrected chi connectivity index (χ2v) is 6.65. The van der Waals surface area contributed by atoms with E-state index in [-0.39, 0.29) is 11.7 Å². The van der Waals surface area contributed by atoms with Gasteiger partial charge in [-0.25, -0.2) is 9.78 Å². The van der Waals surface area contributed by atoms with Gasteiger partial charge in [0.1, 0.15) is 5.69 Å². The fourth-order valence-electron chi connectivity index (χ4n) is 2.63. The van der Waals surface area contributed by atoms with E-state index in [0.29, 0.717) is 18.8 Å². The Hall–Kier alpha value is -3.29. The van der Waals surface area contributed by atoms with Crippen LogP contribution in [0.2, 0.25) is 0 Å². The zero-order chi connectivity index (χ0) is 21.2. The van der Waals surface area contributed by atoms with Crippen molar-refractivity contribution in [3.63, 3.8) is 0 Å². The maximum atomic E-state index is 11.8. The highest BCUT2D eigenvalue weighted by atomic mass is 16.5. The van der Waals surface area contributed by atoms with Crippen molar-refractivity contribution in [1.29, 1.82) is 0 Å². The summed E-state index contributed by atoms with van der Waals surface area (Å²) < 4.78 is 12.1. The number of amides is 1. The first kappa shape index (κ1) is 22.0. The predicted octanol–water partition coefficient (Wildman–Crippen LogP) is 3.03. The number of nitrogens with zero attached hydrogens (tertiary/aromatic N) is 3. The molecular weight excluding hydrogens is 370 g/mol. The number of alkyl carbamates (subject to hydrolysis) is 1. The Morgan fingerprint density at radius 3 is 2.69 bits per heavy atom. The van der Waals surface area contributed by atoms with Gasteiger partial charge in [0.2, 0.25) is 5.88 Å². The molecule has 1 aromatic carbocycles. The molecule has 8 heteroatoms. The van der Waals surface area contributed by atoms with Gasteiger partial charge in [-0.1, -0.05) is 29.8 Å². The smallest absolute Gasteiger partial charge is 0.407 e. The number of amidine groups is 1. The maximum Gasteiger partial charge on any atom is 0.407 e. The van der Waals surface area contributed by atoms with Crippen LogP contribution < -0.4 is 11.1 Å². The van der Waals surface area contributed by atoms with E-state index in [2.05, 4.69) is 21.9 Å². The summed E-state index contributed by atoms with van der Waals surface area (Å²) in [6.45, 7) is 9.13. The number of carbonyl (C=O) groups excluding carboxylic acids is 1. The van der Waals surface area contributed by atoms with Gasteiger partial charge in [-0.3, -0.25) is 0 Å². The summed E-state index contributed by atoms with van der Waals surface area (Å²) in [5.41, 5.74) is 9.68. The van der Waals surface area contributed by atoms with Crippen LogP contribution in [0.15, 0.2) is 48.0 Å². The van der Waals surface area contributed by atoms with E-state index in [9.17, 15) is 4.79 Å². The molecule has 0 spiro atoms. The highest BCUT2D eigenvalue weighted by molar-refractivity contribution is 5.97. The summed E-state index contributed by atoms with van der Waals surface area (Å²) >= 11 is 0. The van der Waals surface area contributed by atoms with Crippen molar-refractivity contribution in [2.45, 2.75) is 39.8 Å². The molecule has 0 fully saturated rings. The Bertz CT molecular complexity index is 856. The van der Waals surface area contributed by atoms with Crippen LogP contribution in [-0.2, 0) is 22.6 Å². The summed E-state index contributed by atoms with van der Waals surface area (Å²) in [5.74, 6) is 0.496.